The van der Waals surface area contributed by atoms with Gasteiger partial charge in [0.15, 0.2) is 0 Å². The third kappa shape index (κ3) is 2.76. The maximum atomic E-state index is 13.2. The molecule has 4 heteroatoms. The third-order valence-corrected chi connectivity index (χ3v) is 6.01. The van der Waals surface area contributed by atoms with E-state index >= 15 is 0 Å². The van der Waals surface area contributed by atoms with Gasteiger partial charge in [-0.25, -0.2) is 0 Å². The molecule has 3 aromatic rings. The van der Waals surface area contributed by atoms with Gasteiger partial charge in [-0.3, -0.25) is 4.79 Å². The Morgan fingerprint density at radius 1 is 0.846 bits per heavy atom. The molecule has 3 saturated heterocycles. The van der Waals surface area contributed by atoms with Crippen LogP contribution in [0.2, 0.25) is 0 Å². The van der Waals surface area contributed by atoms with Crippen molar-refractivity contribution in [2.45, 2.75) is 18.9 Å². The molecule has 1 aromatic heterocycles. The molecular weight excluding hydrogens is 344 g/mol. The molecule has 1 atom stereocenters. The van der Waals surface area contributed by atoms with Crippen LogP contribution in [0.5, 0.6) is 0 Å². The number of hydrogen-bond donors (Lipinski definition) is 0. The number of aromatic nitrogens is 1. The minimum atomic E-state index is 0. The number of nitrogens with zero attached hydrogens (tertiary/aromatic N) is 2. The SMILES string of the molecule is Cl.O=c1c2ccccc2c(-c2ccccc2)cn1[C@@H]1CN2CCC1CC2. The number of halogens is 1. The summed E-state index contributed by atoms with van der Waals surface area (Å²) in [5.74, 6) is 0.632. The molecule has 0 aliphatic carbocycles. The van der Waals surface area contributed by atoms with Gasteiger partial charge in [-0.05, 0) is 48.9 Å². The molecule has 2 aromatic carbocycles. The van der Waals surface area contributed by atoms with E-state index in [1.165, 1.54) is 31.5 Å². The van der Waals surface area contributed by atoms with E-state index < -0.39 is 0 Å². The Morgan fingerprint density at radius 3 is 2.15 bits per heavy atom. The summed E-state index contributed by atoms with van der Waals surface area (Å²) in [6.45, 7) is 3.39. The zero-order valence-corrected chi connectivity index (χ0v) is 15.5. The van der Waals surface area contributed by atoms with E-state index in [0.29, 0.717) is 12.0 Å². The first kappa shape index (κ1) is 17.3. The van der Waals surface area contributed by atoms with E-state index in [0.717, 1.165) is 22.9 Å². The van der Waals surface area contributed by atoms with E-state index in [9.17, 15) is 4.79 Å². The van der Waals surface area contributed by atoms with Crippen LogP contribution in [0.3, 0.4) is 0 Å². The van der Waals surface area contributed by atoms with E-state index in [1.54, 1.807) is 0 Å². The second-order valence-electron chi connectivity index (χ2n) is 7.37. The fourth-order valence-corrected chi connectivity index (χ4v) is 4.65. The Balaban J connectivity index is 0.00000168. The Hall–Kier alpha value is -2.10. The number of hydrogen-bond acceptors (Lipinski definition) is 2. The Labute approximate surface area is 159 Å². The van der Waals surface area contributed by atoms with Gasteiger partial charge in [0.2, 0.25) is 0 Å². The number of fused-ring (bicyclic) bond motifs is 4. The number of benzene rings is 2. The lowest BCUT2D eigenvalue weighted by molar-refractivity contribution is 0.0557. The van der Waals surface area contributed by atoms with Gasteiger partial charge in [0.05, 0.1) is 6.04 Å². The molecule has 3 aliphatic heterocycles. The molecule has 0 N–H and O–H groups in total. The lowest BCUT2D eigenvalue weighted by atomic mass is 9.83. The zero-order chi connectivity index (χ0) is 16.8. The molecule has 2 bridgehead atoms. The smallest absolute Gasteiger partial charge is 0.258 e. The number of piperidine rings is 3. The topological polar surface area (TPSA) is 25.2 Å². The first-order valence-corrected chi connectivity index (χ1v) is 9.23. The van der Waals surface area contributed by atoms with Gasteiger partial charge in [0, 0.05) is 23.7 Å². The monoisotopic (exact) mass is 366 g/mol. The van der Waals surface area contributed by atoms with Crippen LogP contribution in [0.1, 0.15) is 18.9 Å². The lowest BCUT2D eigenvalue weighted by Crippen LogP contribution is -2.50. The van der Waals surface area contributed by atoms with Gasteiger partial charge in [-0.2, -0.15) is 0 Å². The van der Waals surface area contributed by atoms with Gasteiger partial charge in [-0.15, -0.1) is 12.4 Å². The lowest BCUT2D eigenvalue weighted by Gasteiger charge is -2.45. The molecule has 0 unspecified atom stereocenters. The summed E-state index contributed by atoms with van der Waals surface area (Å²) in [7, 11) is 0. The summed E-state index contributed by atoms with van der Waals surface area (Å²) in [6, 6.07) is 18.8. The first-order valence-electron chi connectivity index (χ1n) is 9.23. The number of pyridine rings is 1. The van der Waals surface area contributed by atoms with Gasteiger partial charge in [-0.1, -0.05) is 48.5 Å². The van der Waals surface area contributed by atoms with Crippen LogP contribution in [0.4, 0.5) is 0 Å². The van der Waals surface area contributed by atoms with Crippen molar-refractivity contribution in [3.63, 3.8) is 0 Å². The quantitative estimate of drug-likeness (QED) is 0.673. The summed E-state index contributed by atoms with van der Waals surface area (Å²) in [5, 5.41) is 1.89. The van der Waals surface area contributed by atoms with Gasteiger partial charge in [0.25, 0.3) is 5.56 Å². The largest absolute Gasteiger partial charge is 0.310 e. The molecule has 0 saturated carbocycles. The van der Waals surface area contributed by atoms with Crippen molar-refractivity contribution in [1.82, 2.24) is 9.47 Å². The second-order valence-corrected chi connectivity index (χ2v) is 7.37. The van der Waals surface area contributed by atoms with Crippen LogP contribution in [0.25, 0.3) is 21.9 Å². The summed E-state index contributed by atoms with van der Waals surface area (Å²) < 4.78 is 2.04. The van der Waals surface area contributed by atoms with Crippen LogP contribution in [0.15, 0.2) is 65.6 Å². The van der Waals surface area contributed by atoms with Crippen molar-refractivity contribution in [2.75, 3.05) is 19.6 Å². The Morgan fingerprint density at radius 2 is 1.50 bits per heavy atom. The van der Waals surface area contributed by atoms with E-state index in [-0.39, 0.29) is 18.0 Å². The minimum absolute atomic E-state index is 0. The standard InChI is InChI=1S/C22H22N2O.ClH/c25-22-19-9-5-4-8-18(19)20(16-6-2-1-3-7-16)14-24(22)21-15-23-12-10-17(21)11-13-23;/h1-9,14,17,21H,10-13,15H2;1H/t21-;/m1./s1. The molecule has 0 amide bonds. The van der Waals surface area contributed by atoms with Crippen LogP contribution >= 0.6 is 12.4 Å². The highest BCUT2D eigenvalue weighted by molar-refractivity contribution is 5.95. The Bertz CT molecular complexity index is 974. The fraction of sp³-hybridized carbons (Fsp3) is 0.318. The third-order valence-electron chi connectivity index (χ3n) is 6.01. The molecule has 3 nitrogen and oxygen atoms in total. The van der Waals surface area contributed by atoms with Gasteiger partial charge in [0.1, 0.15) is 0 Å². The highest BCUT2D eigenvalue weighted by atomic mass is 35.5. The molecule has 3 fully saturated rings. The number of rotatable bonds is 2. The average Bonchev–Trinajstić information content (AvgIpc) is 2.70. The van der Waals surface area contributed by atoms with Crippen LogP contribution < -0.4 is 5.56 Å². The van der Waals surface area contributed by atoms with Crippen molar-refractivity contribution >= 4 is 23.2 Å². The highest BCUT2D eigenvalue weighted by Crippen LogP contribution is 2.36. The zero-order valence-electron chi connectivity index (χ0n) is 14.7. The van der Waals surface area contributed by atoms with E-state index in [2.05, 4.69) is 41.4 Å². The molecule has 134 valence electrons. The molecule has 4 heterocycles. The van der Waals surface area contributed by atoms with Crippen molar-refractivity contribution in [1.29, 1.82) is 0 Å². The van der Waals surface area contributed by atoms with Crippen molar-refractivity contribution in [2.24, 2.45) is 5.92 Å². The van der Waals surface area contributed by atoms with E-state index in [1.807, 2.05) is 28.8 Å². The summed E-state index contributed by atoms with van der Waals surface area (Å²) >= 11 is 0. The van der Waals surface area contributed by atoms with E-state index in [4.69, 9.17) is 0 Å². The molecule has 26 heavy (non-hydrogen) atoms. The maximum Gasteiger partial charge on any atom is 0.258 e. The van der Waals surface area contributed by atoms with Crippen LogP contribution in [0, 0.1) is 5.92 Å². The summed E-state index contributed by atoms with van der Waals surface area (Å²) in [5.41, 5.74) is 2.50. The first-order chi connectivity index (χ1) is 12.3. The highest BCUT2D eigenvalue weighted by Gasteiger charge is 2.35. The van der Waals surface area contributed by atoms with Crippen molar-refractivity contribution in [3.8, 4) is 11.1 Å². The van der Waals surface area contributed by atoms with Crippen LogP contribution in [-0.4, -0.2) is 29.1 Å². The molecule has 0 spiro atoms. The van der Waals surface area contributed by atoms with Gasteiger partial charge < -0.3 is 9.47 Å². The molecule has 6 rings (SSSR count). The maximum absolute atomic E-state index is 13.2. The molecular formula is C22H23ClN2O. The Kier molecular flexibility index (Phi) is 4.60. The predicted molar refractivity (Wildman–Crippen MR) is 109 cm³/mol. The minimum Gasteiger partial charge on any atom is -0.310 e. The predicted octanol–water partition coefficient (Wildman–Crippen LogP) is 4.36. The summed E-state index contributed by atoms with van der Waals surface area (Å²) in [6.07, 6.45) is 4.54. The van der Waals surface area contributed by atoms with Gasteiger partial charge >= 0.3 is 0 Å². The van der Waals surface area contributed by atoms with Crippen molar-refractivity contribution < 1.29 is 0 Å². The van der Waals surface area contributed by atoms with Crippen LogP contribution in [-0.2, 0) is 0 Å². The molecule has 0 radical (unpaired) electrons. The fourth-order valence-electron chi connectivity index (χ4n) is 4.65. The summed E-state index contributed by atoms with van der Waals surface area (Å²) in [4.78, 5) is 15.7. The second kappa shape index (κ2) is 6.90. The van der Waals surface area contributed by atoms with Crippen molar-refractivity contribution in [3.05, 3.63) is 71.1 Å². The average molecular weight is 367 g/mol. The molecule has 3 aliphatic rings. The normalized spacial score (nSPS) is 24.4.